The van der Waals surface area contributed by atoms with E-state index in [9.17, 15) is 26.3 Å². The van der Waals surface area contributed by atoms with Crippen molar-refractivity contribution in [2.45, 2.75) is 39.5 Å². The van der Waals surface area contributed by atoms with Gasteiger partial charge in [-0.25, -0.2) is 17.6 Å². The lowest BCUT2D eigenvalue weighted by molar-refractivity contribution is 0.331. The number of hydrogen-bond donors (Lipinski definition) is 0. The van der Waals surface area contributed by atoms with Crippen LogP contribution in [0.4, 0.5) is 26.3 Å². The molecule has 0 aliphatic carbocycles. The predicted octanol–water partition coefficient (Wildman–Crippen LogP) is 7.37. The van der Waals surface area contributed by atoms with Crippen molar-refractivity contribution in [1.29, 1.82) is 0 Å². The maximum Gasteiger partial charge on any atom is 0.205 e. The fraction of sp³-hybridized carbons (Fsp3) is 0.241. The summed E-state index contributed by atoms with van der Waals surface area (Å²) in [7, 11) is 0.881. The summed E-state index contributed by atoms with van der Waals surface area (Å²) >= 11 is 0. The van der Waals surface area contributed by atoms with Crippen LogP contribution in [0.25, 0.3) is 0 Å². The van der Waals surface area contributed by atoms with Gasteiger partial charge in [-0.15, -0.1) is 0 Å². The summed E-state index contributed by atoms with van der Waals surface area (Å²) in [6.07, 6.45) is 3.41. The second kappa shape index (κ2) is 11.7. The number of methoxy groups -OCH3 is 1. The molecule has 0 aliphatic rings. The van der Waals surface area contributed by atoms with E-state index in [2.05, 4.69) is 28.4 Å². The largest absolute Gasteiger partial charge is 0.491 e. The van der Waals surface area contributed by atoms with Gasteiger partial charge in [-0.2, -0.15) is 8.78 Å². The zero-order valence-electron chi connectivity index (χ0n) is 19.9. The highest BCUT2D eigenvalue weighted by atomic mass is 19.2. The Morgan fingerprint density at radius 3 is 1.89 bits per heavy atom. The molecule has 0 N–H and O–H groups in total. The molecule has 0 heterocycles. The molecule has 0 aliphatic heterocycles. The third-order valence-corrected chi connectivity index (χ3v) is 5.48. The van der Waals surface area contributed by atoms with E-state index in [0.717, 1.165) is 26.4 Å². The van der Waals surface area contributed by atoms with E-state index in [0.29, 0.717) is 28.7 Å². The van der Waals surface area contributed by atoms with Crippen molar-refractivity contribution in [3.05, 3.63) is 98.6 Å². The van der Waals surface area contributed by atoms with Crippen LogP contribution in [0.3, 0.4) is 0 Å². The van der Waals surface area contributed by atoms with Crippen LogP contribution >= 0.6 is 0 Å². The molecule has 3 rings (SSSR count). The predicted molar refractivity (Wildman–Crippen MR) is 126 cm³/mol. The van der Waals surface area contributed by atoms with Crippen molar-refractivity contribution in [2.75, 3.05) is 7.11 Å². The average molecular weight is 500 g/mol. The van der Waals surface area contributed by atoms with Gasteiger partial charge >= 0.3 is 0 Å². The molecule has 1 nitrogen and oxygen atoms in total. The summed E-state index contributed by atoms with van der Waals surface area (Å²) < 4.78 is 89.2. The maximum atomic E-state index is 14.4. The Balaban J connectivity index is 1.87. The summed E-state index contributed by atoms with van der Waals surface area (Å²) in [5.74, 6) is 0.433. The highest BCUT2D eigenvalue weighted by molar-refractivity contribution is 5.53. The number of benzene rings is 3. The minimum absolute atomic E-state index is 0.310. The van der Waals surface area contributed by atoms with E-state index >= 15 is 0 Å². The number of rotatable bonds is 5. The van der Waals surface area contributed by atoms with Gasteiger partial charge < -0.3 is 4.74 Å². The Hall–Kier alpha value is -3.84. The van der Waals surface area contributed by atoms with Gasteiger partial charge in [0.2, 0.25) is 11.6 Å². The van der Waals surface area contributed by atoms with Gasteiger partial charge in [-0.1, -0.05) is 43.4 Å². The smallest absolute Gasteiger partial charge is 0.205 e. The molecular weight excluding hydrogens is 478 g/mol. The van der Waals surface area contributed by atoms with Gasteiger partial charge in [0.25, 0.3) is 0 Å². The average Bonchev–Trinajstić information content (AvgIpc) is 2.84. The van der Waals surface area contributed by atoms with Gasteiger partial charge in [0.05, 0.1) is 12.7 Å². The zero-order valence-corrected chi connectivity index (χ0v) is 19.9. The van der Waals surface area contributed by atoms with Gasteiger partial charge in [0, 0.05) is 11.1 Å². The highest BCUT2D eigenvalue weighted by Gasteiger charge is 2.25. The Morgan fingerprint density at radius 1 is 0.722 bits per heavy atom. The number of unbranched alkanes of at least 4 members (excludes halogenated alkanes) is 2. The zero-order chi connectivity index (χ0) is 26.4. The molecule has 7 heteroatoms. The van der Waals surface area contributed by atoms with Crippen LogP contribution in [0, 0.1) is 65.5 Å². The van der Waals surface area contributed by atoms with Gasteiger partial charge in [0.15, 0.2) is 17.4 Å². The van der Waals surface area contributed by atoms with Crippen LogP contribution in [0.15, 0.2) is 30.3 Å². The van der Waals surface area contributed by atoms with E-state index in [1.807, 2.05) is 6.92 Å². The molecule has 186 valence electrons. The van der Waals surface area contributed by atoms with Crippen LogP contribution in [-0.2, 0) is 6.42 Å². The molecule has 0 saturated carbocycles. The fourth-order valence-corrected chi connectivity index (χ4v) is 3.52. The van der Waals surface area contributed by atoms with E-state index < -0.39 is 46.2 Å². The molecular formula is C29H22F6O. The summed E-state index contributed by atoms with van der Waals surface area (Å²) in [4.78, 5) is 0. The molecule has 0 fully saturated rings. The quantitative estimate of drug-likeness (QED) is 0.154. The lowest BCUT2D eigenvalue weighted by Gasteiger charge is -2.07. The standard InChI is InChI=1S/C29H22F6O/c1-4-5-6-7-19-15-23(30)21(24(31)16-19)12-9-18-8-10-20(17(2)14-18)11-13-22-25(32)27(34)29(36-3)28(35)26(22)33/h8,10,14-16H,4-7H2,1-3H3. The molecule has 0 bridgehead atoms. The minimum Gasteiger partial charge on any atom is -0.491 e. The summed E-state index contributed by atoms with van der Waals surface area (Å²) in [5.41, 5.74) is 0.417. The summed E-state index contributed by atoms with van der Waals surface area (Å²) in [6, 6.07) is 7.11. The first-order chi connectivity index (χ1) is 17.2. The Labute approximate surface area is 206 Å². The highest BCUT2D eigenvalue weighted by Crippen LogP contribution is 2.29. The van der Waals surface area contributed by atoms with E-state index in [1.54, 1.807) is 13.0 Å². The Morgan fingerprint density at radius 2 is 1.33 bits per heavy atom. The maximum absolute atomic E-state index is 14.4. The van der Waals surface area contributed by atoms with Crippen LogP contribution in [0.5, 0.6) is 5.75 Å². The second-order valence-corrected chi connectivity index (χ2v) is 8.09. The molecule has 0 spiro atoms. The molecule has 0 unspecified atom stereocenters. The second-order valence-electron chi connectivity index (χ2n) is 8.09. The molecule has 36 heavy (non-hydrogen) atoms. The third-order valence-electron chi connectivity index (χ3n) is 5.48. The van der Waals surface area contributed by atoms with Crippen LogP contribution in [0.2, 0.25) is 0 Å². The van der Waals surface area contributed by atoms with E-state index in [-0.39, 0.29) is 5.56 Å². The molecule has 0 saturated heterocycles. The van der Waals surface area contributed by atoms with Crippen molar-refractivity contribution < 1.29 is 31.1 Å². The van der Waals surface area contributed by atoms with Crippen LogP contribution in [0.1, 0.15) is 59.6 Å². The first-order valence-corrected chi connectivity index (χ1v) is 11.2. The van der Waals surface area contributed by atoms with Crippen molar-refractivity contribution in [2.24, 2.45) is 0 Å². The molecule has 0 aromatic heterocycles. The fourth-order valence-electron chi connectivity index (χ4n) is 3.52. The first-order valence-electron chi connectivity index (χ1n) is 11.2. The van der Waals surface area contributed by atoms with Crippen molar-refractivity contribution in [1.82, 2.24) is 0 Å². The first kappa shape index (κ1) is 26.8. The molecule has 3 aromatic carbocycles. The van der Waals surface area contributed by atoms with E-state index in [1.165, 1.54) is 24.3 Å². The van der Waals surface area contributed by atoms with Crippen LogP contribution in [-0.4, -0.2) is 7.11 Å². The normalized spacial score (nSPS) is 10.4. The van der Waals surface area contributed by atoms with Crippen molar-refractivity contribution in [3.8, 4) is 29.4 Å². The van der Waals surface area contributed by atoms with Gasteiger partial charge in [-0.3, -0.25) is 0 Å². The number of hydrogen-bond acceptors (Lipinski definition) is 1. The topological polar surface area (TPSA) is 9.23 Å². The lowest BCUT2D eigenvalue weighted by Crippen LogP contribution is -2.04. The lowest BCUT2D eigenvalue weighted by atomic mass is 10.0. The number of aryl methyl sites for hydroxylation is 2. The van der Waals surface area contributed by atoms with E-state index in [4.69, 9.17) is 0 Å². The molecule has 0 radical (unpaired) electrons. The Bertz CT molecular complexity index is 1370. The number of ether oxygens (including phenoxy) is 1. The molecule has 3 aromatic rings. The van der Waals surface area contributed by atoms with Gasteiger partial charge in [0.1, 0.15) is 17.2 Å². The number of halogens is 6. The van der Waals surface area contributed by atoms with Gasteiger partial charge in [-0.05, 0) is 61.2 Å². The van der Waals surface area contributed by atoms with Crippen molar-refractivity contribution >= 4 is 0 Å². The SMILES string of the molecule is CCCCCc1cc(F)c(C#Cc2ccc(C#Cc3c(F)c(F)c(OC)c(F)c3F)c(C)c2)c(F)c1. The molecule has 0 amide bonds. The van der Waals surface area contributed by atoms with Crippen LogP contribution < -0.4 is 4.74 Å². The Kier molecular flexibility index (Phi) is 8.72. The monoisotopic (exact) mass is 500 g/mol. The summed E-state index contributed by atoms with van der Waals surface area (Å²) in [6.45, 7) is 3.67. The van der Waals surface area contributed by atoms with Crippen molar-refractivity contribution in [3.63, 3.8) is 0 Å². The minimum atomic E-state index is -1.68. The summed E-state index contributed by atoms with van der Waals surface area (Å²) in [5, 5.41) is 0. The molecule has 0 atom stereocenters. The third kappa shape index (κ3) is 5.86.